The second-order valence-corrected chi connectivity index (χ2v) is 6.20. The molecule has 0 bridgehead atoms. The third-order valence-corrected chi connectivity index (χ3v) is 4.24. The fourth-order valence-electron chi connectivity index (χ4n) is 2.71. The molecule has 0 amide bonds. The van der Waals surface area contributed by atoms with Gasteiger partial charge in [-0.1, -0.05) is 0 Å². The predicted octanol–water partition coefficient (Wildman–Crippen LogP) is 3.26. The van der Waals surface area contributed by atoms with Crippen molar-refractivity contribution in [2.75, 3.05) is 31.7 Å². The maximum absolute atomic E-state index is 5.42. The molecule has 1 aliphatic rings. The predicted molar refractivity (Wildman–Crippen MR) is 84.1 cm³/mol. The standard InChI is InChI=1S/C15H18BrN3O/c1-19(10-11-3-6-20-7-4-11)14-2-5-17-13-8-12(16)9-18-15(13)14/h2,5,8-9,11H,3-4,6-7,10H2,1H3. The average molecular weight is 336 g/mol. The van der Waals surface area contributed by atoms with E-state index >= 15 is 0 Å². The van der Waals surface area contributed by atoms with Gasteiger partial charge in [0.2, 0.25) is 0 Å². The molecule has 2 aromatic heterocycles. The Morgan fingerprint density at radius 1 is 1.35 bits per heavy atom. The summed E-state index contributed by atoms with van der Waals surface area (Å²) in [6.45, 7) is 2.82. The summed E-state index contributed by atoms with van der Waals surface area (Å²) in [5.41, 5.74) is 3.04. The molecule has 106 valence electrons. The van der Waals surface area contributed by atoms with Gasteiger partial charge in [-0.2, -0.15) is 0 Å². The van der Waals surface area contributed by atoms with Crippen molar-refractivity contribution in [3.8, 4) is 0 Å². The number of rotatable bonds is 3. The van der Waals surface area contributed by atoms with E-state index in [1.165, 1.54) is 0 Å². The number of anilines is 1. The lowest BCUT2D eigenvalue weighted by molar-refractivity contribution is 0.0685. The Morgan fingerprint density at radius 3 is 2.95 bits per heavy atom. The van der Waals surface area contributed by atoms with Crippen molar-refractivity contribution in [1.29, 1.82) is 0 Å². The van der Waals surface area contributed by atoms with Crippen LogP contribution in [-0.4, -0.2) is 36.8 Å². The largest absolute Gasteiger partial charge is 0.381 e. The quantitative estimate of drug-likeness (QED) is 0.862. The molecule has 0 spiro atoms. The number of pyridine rings is 2. The first-order valence-corrected chi connectivity index (χ1v) is 7.72. The normalized spacial score (nSPS) is 16.5. The van der Waals surface area contributed by atoms with Gasteiger partial charge < -0.3 is 9.64 Å². The molecule has 20 heavy (non-hydrogen) atoms. The minimum atomic E-state index is 0.701. The lowest BCUT2D eigenvalue weighted by atomic mass is 9.99. The van der Waals surface area contributed by atoms with Gasteiger partial charge >= 0.3 is 0 Å². The van der Waals surface area contributed by atoms with Gasteiger partial charge in [0, 0.05) is 43.7 Å². The average Bonchev–Trinajstić information content (AvgIpc) is 2.47. The molecule has 1 aliphatic heterocycles. The van der Waals surface area contributed by atoms with Crippen LogP contribution in [0.2, 0.25) is 0 Å². The highest BCUT2D eigenvalue weighted by Gasteiger charge is 2.17. The Labute approximate surface area is 127 Å². The van der Waals surface area contributed by atoms with E-state index in [0.717, 1.165) is 53.8 Å². The summed E-state index contributed by atoms with van der Waals surface area (Å²) >= 11 is 3.44. The van der Waals surface area contributed by atoms with Crippen LogP contribution < -0.4 is 4.90 Å². The van der Waals surface area contributed by atoms with Crippen LogP contribution in [-0.2, 0) is 4.74 Å². The first-order chi connectivity index (χ1) is 9.74. The van der Waals surface area contributed by atoms with Crippen LogP contribution in [0.3, 0.4) is 0 Å². The number of halogens is 1. The van der Waals surface area contributed by atoms with Crippen LogP contribution in [0.5, 0.6) is 0 Å². The number of hydrogen-bond acceptors (Lipinski definition) is 4. The Bertz CT molecular complexity index is 599. The van der Waals surface area contributed by atoms with Crippen LogP contribution in [0.1, 0.15) is 12.8 Å². The van der Waals surface area contributed by atoms with Crippen LogP contribution >= 0.6 is 15.9 Å². The van der Waals surface area contributed by atoms with E-state index < -0.39 is 0 Å². The van der Waals surface area contributed by atoms with Gasteiger partial charge in [-0.3, -0.25) is 9.97 Å². The summed E-state index contributed by atoms with van der Waals surface area (Å²) in [5, 5.41) is 0. The molecule has 3 rings (SSSR count). The number of nitrogens with zero attached hydrogens (tertiary/aromatic N) is 3. The molecule has 0 atom stereocenters. The van der Waals surface area contributed by atoms with Gasteiger partial charge in [-0.25, -0.2) is 0 Å². The fraction of sp³-hybridized carbons (Fsp3) is 0.467. The zero-order valence-electron chi connectivity index (χ0n) is 11.6. The lowest BCUT2D eigenvalue weighted by Gasteiger charge is -2.28. The van der Waals surface area contributed by atoms with E-state index in [9.17, 15) is 0 Å². The van der Waals surface area contributed by atoms with Crippen LogP contribution in [0, 0.1) is 5.92 Å². The molecule has 0 saturated carbocycles. The highest BCUT2D eigenvalue weighted by Crippen LogP contribution is 2.26. The second-order valence-electron chi connectivity index (χ2n) is 5.29. The Hall–Kier alpha value is -1.20. The number of ether oxygens (including phenoxy) is 1. The summed E-state index contributed by atoms with van der Waals surface area (Å²) in [5.74, 6) is 0.701. The van der Waals surface area contributed by atoms with Gasteiger partial charge in [-0.05, 0) is 46.8 Å². The van der Waals surface area contributed by atoms with Crippen molar-refractivity contribution in [3.05, 3.63) is 29.0 Å². The van der Waals surface area contributed by atoms with Gasteiger partial charge in [0.15, 0.2) is 0 Å². The maximum Gasteiger partial charge on any atom is 0.112 e. The molecule has 0 radical (unpaired) electrons. The fourth-order valence-corrected chi connectivity index (χ4v) is 3.03. The Kier molecular flexibility index (Phi) is 4.17. The minimum Gasteiger partial charge on any atom is -0.381 e. The molecular formula is C15H18BrN3O. The first-order valence-electron chi connectivity index (χ1n) is 6.93. The summed E-state index contributed by atoms with van der Waals surface area (Å²) in [4.78, 5) is 11.2. The molecule has 1 fully saturated rings. The van der Waals surface area contributed by atoms with Gasteiger partial charge in [0.1, 0.15) is 5.52 Å². The topological polar surface area (TPSA) is 38.2 Å². The summed E-state index contributed by atoms with van der Waals surface area (Å²) in [6, 6.07) is 4.05. The SMILES string of the molecule is CN(CC1CCOCC1)c1ccnc2cc(Br)cnc12. The van der Waals surface area contributed by atoms with E-state index in [0.29, 0.717) is 5.92 Å². The van der Waals surface area contributed by atoms with E-state index in [1.54, 1.807) is 0 Å². The lowest BCUT2D eigenvalue weighted by Crippen LogP contribution is -2.29. The monoisotopic (exact) mass is 335 g/mol. The van der Waals surface area contributed by atoms with Crippen molar-refractivity contribution in [2.45, 2.75) is 12.8 Å². The molecule has 0 aromatic carbocycles. The van der Waals surface area contributed by atoms with Gasteiger partial charge in [-0.15, -0.1) is 0 Å². The Balaban J connectivity index is 1.85. The number of fused-ring (bicyclic) bond motifs is 1. The highest BCUT2D eigenvalue weighted by molar-refractivity contribution is 9.10. The third kappa shape index (κ3) is 2.94. The molecule has 1 saturated heterocycles. The smallest absolute Gasteiger partial charge is 0.112 e. The maximum atomic E-state index is 5.42. The summed E-state index contributed by atoms with van der Waals surface area (Å²) in [6.07, 6.45) is 5.97. The highest BCUT2D eigenvalue weighted by atomic mass is 79.9. The molecule has 2 aromatic rings. The molecule has 0 aliphatic carbocycles. The van der Waals surface area contributed by atoms with Crippen molar-refractivity contribution in [2.24, 2.45) is 5.92 Å². The van der Waals surface area contributed by atoms with Crippen molar-refractivity contribution >= 4 is 32.7 Å². The van der Waals surface area contributed by atoms with Crippen LogP contribution in [0.25, 0.3) is 11.0 Å². The van der Waals surface area contributed by atoms with Gasteiger partial charge in [0.25, 0.3) is 0 Å². The second kappa shape index (κ2) is 6.06. The van der Waals surface area contributed by atoms with E-state index in [1.807, 2.05) is 24.5 Å². The van der Waals surface area contributed by atoms with Crippen molar-refractivity contribution < 1.29 is 4.74 Å². The van der Waals surface area contributed by atoms with Crippen LogP contribution in [0.15, 0.2) is 29.0 Å². The van der Waals surface area contributed by atoms with Gasteiger partial charge in [0.05, 0.1) is 11.2 Å². The molecule has 0 unspecified atom stereocenters. The Morgan fingerprint density at radius 2 is 2.15 bits per heavy atom. The zero-order valence-corrected chi connectivity index (χ0v) is 13.1. The molecule has 0 N–H and O–H groups in total. The van der Waals surface area contributed by atoms with Crippen LogP contribution in [0.4, 0.5) is 5.69 Å². The van der Waals surface area contributed by atoms with Crippen molar-refractivity contribution in [3.63, 3.8) is 0 Å². The molecule has 3 heterocycles. The van der Waals surface area contributed by atoms with E-state index in [4.69, 9.17) is 4.74 Å². The van der Waals surface area contributed by atoms with Crippen molar-refractivity contribution in [1.82, 2.24) is 9.97 Å². The summed E-state index contributed by atoms with van der Waals surface area (Å²) in [7, 11) is 2.13. The molecule has 4 nitrogen and oxygen atoms in total. The number of hydrogen-bond donors (Lipinski definition) is 0. The first kappa shape index (κ1) is 13.8. The van der Waals surface area contributed by atoms with E-state index in [-0.39, 0.29) is 0 Å². The minimum absolute atomic E-state index is 0.701. The third-order valence-electron chi connectivity index (χ3n) is 3.81. The number of aromatic nitrogens is 2. The van der Waals surface area contributed by atoms with E-state index in [2.05, 4.69) is 37.8 Å². The molecular weight excluding hydrogens is 318 g/mol. The zero-order chi connectivity index (χ0) is 13.9. The molecule has 5 heteroatoms. The summed E-state index contributed by atoms with van der Waals surface area (Å²) < 4.78 is 6.38.